The Morgan fingerprint density at radius 1 is 1.53 bits per heavy atom. The van der Waals surface area contributed by atoms with Gasteiger partial charge in [-0.15, -0.1) is 11.3 Å². The van der Waals surface area contributed by atoms with E-state index in [9.17, 15) is 9.59 Å². The van der Waals surface area contributed by atoms with E-state index in [0.29, 0.717) is 6.54 Å². The highest BCUT2D eigenvalue weighted by molar-refractivity contribution is 7.10. The fourth-order valence-electron chi connectivity index (χ4n) is 1.28. The number of hydrogen-bond donors (Lipinski definition) is 2. The van der Waals surface area contributed by atoms with Crippen LogP contribution in [0.1, 0.15) is 23.8 Å². The van der Waals surface area contributed by atoms with Crippen molar-refractivity contribution >= 4 is 29.3 Å². The average molecular weight is 253 g/mol. The minimum atomic E-state index is -0.812. The van der Waals surface area contributed by atoms with E-state index in [-0.39, 0.29) is 12.3 Å². The van der Waals surface area contributed by atoms with Gasteiger partial charge in [-0.3, -0.25) is 9.59 Å². The second-order valence-electron chi connectivity index (χ2n) is 3.59. The van der Waals surface area contributed by atoms with E-state index >= 15 is 0 Å². The predicted octanol–water partition coefficient (Wildman–Crippen LogP) is 1.91. The lowest BCUT2D eigenvalue weighted by Gasteiger charge is -1.96. The first-order chi connectivity index (χ1) is 8.08. The van der Waals surface area contributed by atoms with Crippen LogP contribution in [0.5, 0.6) is 0 Å². The summed E-state index contributed by atoms with van der Waals surface area (Å²) >= 11 is 1.44. The summed E-state index contributed by atoms with van der Waals surface area (Å²) in [7, 11) is 0. The number of aliphatic carboxylic acids is 1. The molecule has 0 aliphatic heterocycles. The SMILES string of the molecule is CC(=O)NCCC=Cc1csc(CC(=O)O)c1. The summed E-state index contributed by atoms with van der Waals surface area (Å²) < 4.78 is 0. The molecule has 5 heteroatoms. The first-order valence-electron chi connectivity index (χ1n) is 5.28. The van der Waals surface area contributed by atoms with Crippen LogP contribution in [0, 0.1) is 0 Å². The molecule has 1 heterocycles. The highest BCUT2D eigenvalue weighted by Gasteiger charge is 2.02. The molecule has 1 rings (SSSR count). The number of nitrogens with one attached hydrogen (secondary N) is 1. The maximum absolute atomic E-state index is 10.6. The zero-order valence-corrected chi connectivity index (χ0v) is 10.4. The number of hydrogen-bond acceptors (Lipinski definition) is 3. The van der Waals surface area contributed by atoms with Gasteiger partial charge in [-0.05, 0) is 23.4 Å². The molecule has 1 amide bonds. The van der Waals surface area contributed by atoms with Gasteiger partial charge in [0.05, 0.1) is 6.42 Å². The highest BCUT2D eigenvalue weighted by atomic mass is 32.1. The van der Waals surface area contributed by atoms with Gasteiger partial charge in [-0.25, -0.2) is 0 Å². The van der Waals surface area contributed by atoms with Crippen LogP contribution >= 0.6 is 11.3 Å². The molecule has 0 aliphatic carbocycles. The highest BCUT2D eigenvalue weighted by Crippen LogP contribution is 2.16. The van der Waals surface area contributed by atoms with E-state index in [1.807, 2.05) is 23.6 Å². The van der Waals surface area contributed by atoms with E-state index < -0.39 is 5.97 Å². The molecule has 0 unspecified atom stereocenters. The molecule has 0 radical (unpaired) electrons. The lowest BCUT2D eigenvalue weighted by molar-refractivity contribution is -0.136. The monoisotopic (exact) mass is 253 g/mol. The van der Waals surface area contributed by atoms with Gasteiger partial charge in [0.2, 0.25) is 5.91 Å². The largest absolute Gasteiger partial charge is 0.481 e. The summed E-state index contributed by atoms with van der Waals surface area (Å²) in [6, 6.07) is 1.87. The van der Waals surface area contributed by atoms with Crippen LogP contribution in [-0.4, -0.2) is 23.5 Å². The van der Waals surface area contributed by atoms with Crippen LogP contribution in [0.15, 0.2) is 17.5 Å². The standard InChI is InChI=1S/C12H15NO3S/c1-9(14)13-5-3-2-4-10-6-11(17-8-10)7-12(15)16/h2,4,6,8H,3,5,7H2,1H3,(H,13,14)(H,15,16). The Labute approximate surface area is 104 Å². The first kappa shape index (κ1) is 13.4. The Hall–Kier alpha value is -1.62. The Morgan fingerprint density at radius 2 is 2.29 bits per heavy atom. The summed E-state index contributed by atoms with van der Waals surface area (Å²) in [5.74, 6) is -0.842. The quantitative estimate of drug-likeness (QED) is 0.761. The number of carbonyl (C=O) groups is 2. The Morgan fingerprint density at radius 3 is 2.94 bits per heavy atom. The second kappa shape index (κ2) is 6.85. The van der Waals surface area contributed by atoms with Gasteiger partial charge in [0.15, 0.2) is 0 Å². The average Bonchev–Trinajstić information content (AvgIpc) is 2.63. The van der Waals surface area contributed by atoms with Crippen LogP contribution in [0.3, 0.4) is 0 Å². The van der Waals surface area contributed by atoms with Crippen molar-refractivity contribution in [3.63, 3.8) is 0 Å². The molecule has 2 N–H and O–H groups in total. The third-order valence-electron chi connectivity index (χ3n) is 1.99. The van der Waals surface area contributed by atoms with Crippen molar-refractivity contribution in [2.45, 2.75) is 19.8 Å². The zero-order valence-electron chi connectivity index (χ0n) is 9.60. The zero-order chi connectivity index (χ0) is 12.7. The number of carbonyl (C=O) groups excluding carboxylic acids is 1. The molecule has 1 aromatic rings. The van der Waals surface area contributed by atoms with Crippen molar-refractivity contribution in [3.05, 3.63) is 28.0 Å². The Balaban J connectivity index is 2.35. The topological polar surface area (TPSA) is 66.4 Å². The van der Waals surface area contributed by atoms with Crippen molar-refractivity contribution in [2.75, 3.05) is 6.54 Å². The van der Waals surface area contributed by atoms with Crippen molar-refractivity contribution in [1.82, 2.24) is 5.32 Å². The fraction of sp³-hybridized carbons (Fsp3) is 0.333. The smallest absolute Gasteiger partial charge is 0.308 e. The summed E-state index contributed by atoms with van der Waals surface area (Å²) in [5, 5.41) is 13.2. The van der Waals surface area contributed by atoms with Crippen LogP contribution in [-0.2, 0) is 16.0 Å². The predicted molar refractivity (Wildman–Crippen MR) is 68.0 cm³/mol. The molecule has 0 spiro atoms. The first-order valence-corrected chi connectivity index (χ1v) is 6.16. The molecule has 0 saturated heterocycles. The minimum Gasteiger partial charge on any atom is -0.481 e. The lowest BCUT2D eigenvalue weighted by Crippen LogP contribution is -2.20. The Bertz CT molecular complexity index is 423. The van der Waals surface area contributed by atoms with E-state index in [0.717, 1.165) is 16.9 Å². The van der Waals surface area contributed by atoms with Gasteiger partial charge in [-0.1, -0.05) is 12.2 Å². The Kier molecular flexibility index (Phi) is 5.42. The third kappa shape index (κ3) is 5.87. The van der Waals surface area contributed by atoms with Crippen LogP contribution < -0.4 is 5.32 Å². The summed E-state index contributed by atoms with van der Waals surface area (Å²) in [4.78, 5) is 21.9. The van der Waals surface area contributed by atoms with Gasteiger partial charge in [0.1, 0.15) is 0 Å². The van der Waals surface area contributed by atoms with Crippen LogP contribution in [0.2, 0.25) is 0 Å². The normalized spacial score (nSPS) is 10.6. The molecule has 0 bridgehead atoms. The number of thiophene rings is 1. The molecule has 17 heavy (non-hydrogen) atoms. The maximum Gasteiger partial charge on any atom is 0.308 e. The summed E-state index contributed by atoms with van der Waals surface area (Å²) in [6.07, 6.45) is 4.74. The van der Waals surface area contributed by atoms with E-state index in [2.05, 4.69) is 5.32 Å². The molecule has 0 atom stereocenters. The van der Waals surface area contributed by atoms with Crippen LogP contribution in [0.4, 0.5) is 0 Å². The number of amides is 1. The van der Waals surface area contributed by atoms with Crippen molar-refractivity contribution < 1.29 is 14.7 Å². The number of carboxylic acid groups (broad SMARTS) is 1. The minimum absolute atomic E-state index is 0.0299. The summed E-state index contributed by atoms with van der Waals surface area (Å²) in [6.45, 7) is 2.11. The number of rotatable bonds is 6. The van der Waals surface area contributed by atoms with Crippen molar-refractivity contribution in [3.8, 4) is 0 Å². The number of carboxylic acids is 1. The molecule has 1 aromatic heterocycles. The van der Waals surface area contributed by atoms with E-state index in [1.165, 1.54) is 18.3 Å². The van der Waals surface area contributed by atoms with Gasteiger partial charge >= 0.3 is 5.97 Å². The van der Waals surface area contributed by atoms with Gasteiger partial charge in [0.25, 0.3) is 0 Å². The maximum atomic E-state index is 10.6. The second-order valence-corrected chi connectivity index (χ2v) is 4.59. The molecule has 0 aliphatic rings. The molecule has 4 nitrogen and oxygen atoms in total. The molecule has 0 aromatic carbocycles. The van der Waals surface area contributed by atoms with Gasteiger partial charge in [-0.2, -0.15) is 0 Å². The van der Waals surface area contributed by atoms with E-state index in [4.69, 9.17) is 5.11 Å². The van der Waals surface area contributed by atoms with Gasteiger partial charge < -0.3 is 10.4 Å². The fourth-order valence-corrected chi connectivity index (χ4v) is 2.12. The van der Waals surface area contributed by atoms with E-state index in [1.54, 1.807) is 0 Å². The molecular formula is C12H15NO3S. The molecule has 92 valence electrons. The summed E-state index contributed by atoms with van der Waals surface area (Å²) in [5.41, 5.74) is 1.01. The third-order valence-corrected chi connectivity index (χ3v) is 2.95. The molecule has 0 fully saturated rings. The molecule has 0 saturated carbocycles. The van der Waals surface area contributed by atoms with Gasteiger partial charge in [0, 0.05) is 18.3 Å². The van der Waals surface area contributed by atoms with Crippen molar-refractivity contribution in [1.29, 1.82) is 0 Å². The molecular weight excluding hydrogens is 238 g/mol. The van der Waals surface area contributed by atoms with Crippen LogP contribution in [0.25, 0.3) is 6.08 Å². The van der Waals surface area contributed by atoms with Crippen molar-refractivity contribution in [2.24, 2.45) is 0 Å². The lowest BCUT2D eigenvalue weighted by atomic mass is 10.2.